The van der Waals surface area contributed by atoms with E-state index in [4.69, 9.17) is 5.73 Å². The van der Waals surface area contributed by atoms with E-state index in [0.29, 0.717) is 17.8 Å². The number of nitrogen functional groups attached to an aromatic ring is 1. The second-order valence-corrected chi connectivity index (χ2v) is 4.78. The number of hydrogen-bond acceptors (Lipinski definition) is 4. The topological polar surface area (TPSA) is 68.0 Å². The highest BCUT2D eigenvalue weighted by Gasteiger charge is 2.08. The Hall–Kier alpha value is -1.88. The molecule has 0 aliphatic carbocycles. The van der Waals surface area contributed by atoms with E-state index in [2.05, 4.69) is 10.3 Å². The number of aromatic nitrogens is 1. The average Bonchev–Trinajstić information content (AvgIpc) is 2.85. The Morgan fingerprint density at radius 2 is 2.33 bits per heavy atom. The summed E-state index contributed by atoms with van der Waals surface area (Å²) in [6.07, 6.45) is 0.747. The van der Waals surface area contributed by atoms with Gasteiger partial charge in [0.2, 0.25) is 0 Å². The third-order valence-corrected chi connectivity index (χ3v) is 3.29. The van der Waals surface area contributed by atoms with Crippen LogP contribution in [-0.4, -0.2) is 17.4 Å². The lowest BCUT2D eigenvalue weighted by Gasteiger charge is -2.07. The molecule has 2 aromatic rings. The van der Waals surface area contributed by atoms with E-state index in [0.717, 1.165) is 17.7 Å². The number of carbonyl (C=O) groups is 1. The molecule has 1 aromatic carbocycles. The number of hydrogen-bond donors (Lipinski definition) is 2. The van der Waals surface area contributed by atoms with Gasteiger partial charge in [0, 0.05) is 29.6 Å². The summed E-state index contributed by atoms with van der Waals surface area (Å²) in [5.41, 5.74) is 10.6. The molecule has 5 heteroatoms. The lowest BCUT2D eigenvalue weighted by atomic mass is 10.1. The largest absolute Gasteiger partial charge is 0.399 e. The van der Waals surface area contributed by atoms with Gasteiger partial charge in [-0.3, -0.25) is 4.79 Å². The summed E-state index contributed by atoms with van der Waals surface area (Å²) < 4.78 is 0. The van der Waals surface area contributed by atoms with Crippen molar-refractivity contribution in [2.45, 2.75) is 13.3 Å². The Morgan fingerprint density at radius 3 is 3.06 bits per heavy atom. The normalized spacial score (nSPS) is 10.3. The number of rotatable bonds is 4. The quantitative estimate of drug-likeness (QED) is 0.827. The molecule has 0 saturated heterocycles. The second-order valence-electron chi connectivity index (χ2n) is 4.06. The molecular formula is C13H15N3OS. The molecule has 0 radical (unpaired) electrons. The van der Waals surface area contributed by atoms with Crippen LogP contribution in [0.2, 0.25) is 0 Å². The van der Waals surface area contributed by atoms with Gasteiger partial charge in [0.15, 0.2) is 0 Å². The molecule has 1 amide bonds. The van der Waals surface area contributed by atoms with Gasteiger partial charge in [-0.05, 0) is 24.6 Å². The number of carbonyl (C=O) groups excluding carboxylic acids is 1. The summed E-state index contributed by atoms with van der Waals surface area (Å²) in [5, 5.41) is 4.86. The van der Waals surface area contributed by atoms with Crippen LogP contribution in [0.5, 0.6) is 0 Å². The maximum absolute atomic E-state index is 12.0. The number of anilines is 1. The molecule has 0 fully saturated rings. The Balaban J connectivity index is 1.93. The van der Waals surface area contributed by atoms with Crippen LogP contribution in [0.1, 0.15) is 21.6 Å². The van der Waals surface area contributed by atoms with Crippen LogP contribution in [0.15, 0.2) is 29.1 Å². The molecule has 2 rings (SSSR count). The van der Waals surface area contributed by atoms with E-state index in [1.807, 2.05) is 18.4 Å². The van der Waals surface area contributed by atoms with Gasteiger partial charge in [0.05, 0.1) is 11.2 Å². The van der Waals surface area contributed by atoms with Crippen molar-refractivity contribution in [3.8, 4) is 0 Å². The third-order valence-electron chi connectivity index (χ3n) is 2.66. The monoisotopic (exact) mass is 261 g/mol. The van der Waals surface area contributed by atoms with Crippen LogP contribution in [0.4, 0.5) is 5.69 Å². The van der Waals surface area contributed by atoms with E-state index < -0.39 is 0 Å². The molecule has 0 spiro atoms. The van der Waals surface area contributed by atoms with E-state index in [9.17, 15) is 4.79 Å². The number of nitrogens with zero attached hydrogens (tertiary/aromatic N) is 1. The number of aryl methyl sites for hydroxylation is 1. The number of amides is 1. The van der Waals surface area contributed by atoms with Gasteiger partial charge in [0.25, 0.3) is 5.91 Å². The molecule has 1 aromatic heterocycles. The SMILES string of the molecule is Cc1ccc(N)cc1C(=O)NCCc1cscn1. The van der Waals surface area contributed by atoms with E-state index in [1.54, 1.807) is 29.0 Å². The molecular weight excluding hydrogens is 246 g/mol. The Kier molecular flexibility index (Phi) is 3.94. The first-order valence-electron chi connectivity index (χ1n) is 5.68. The molecule has 94 valence electrons. The first-order valence-corrected chi connectivity index (χ1v) is 6.62. The summed E-state index contributed by atoms with van der Waals surface area (Å²) in [4.78, 5) is 16.1. The van der Waals surface area contributed by atoms with Gasteiger partial charge >= 0.3 is 0 Å². The number of benzene rings is 1. The standard InChI is InChI=1S/C13H15N3OS/c1-9-2-3-10(14)6-12(9)13(17)15-5-4-11-7-18-8-16-11/h2-3,6-8H,4-5,14H2,1H3,(H,15,17). The van der Waals surface area contributed by atoms with Gasteiger partial charge in [-0.2, -0.15) is 0 Å². The van der Waals surface area contributed by atoms with Crippen molar-refractivity contribution >= 4 is 22.9 Å². The first kappa shape index (κ1) is 12.6. The maximum atomic E-state index is 12.0. The molecule has 18 heavy (non-hydrogen) atoms. The molecule has 1 heterocycles. The zero-order valence-electron chi connectivity index (χ0n) is 10.1. The minimum absolute atomic E-state index is 0.0879. The summed E-state index contributed by atoms with van der Waals surface area (Å²) in [6, 6.07) is 5.35. The van der Waals surface area contributed by atoms with Gasteiger partial charge in [0.1, 0.15) is 0 Å². The molecule has 0 bridgehead atoms. The van der Waals surface area contributed by atoms with Crippen molar-refractivity contribution in [3.63, 3.8) is 0 Å². The van der Waals surface area contributed by atoms with Gasteiger partial charge < -0.3 is 11.1 Å². The predicted octanol–water partition coefficient (Wildman–Crippen LogP) is 2.01. The Morgan fingerprint density at radius 1 is 1.50 bits per heavy atom. The molecule has 0 aliphatic rings. The minimum atomic E-state index is -0.0879. The van der Waals surface area contributed by atoms with Crippen LogP contribution >= 0.6 is 11.3 Å². The maximum Gasteiger partial charge on any atom is 0.251 e. The van der Waals surface area contributed by atoms with Crippen LogP contribution in [0, 0.1) is 6.92 Å². The fourth-order valence-corrected chi connectivity index (χ4v) is 2.24. The number of thiazole rings is 1. The van der Waals surface area contributed by atoms with Crippen LogP contribution in [0.25, 0.3) is 0 Å². The van der Waals surface area contributed by atoms with Crippen LogP contribution in [0.3, 0.4) is 0 Å². The van der Waals surface area contributed by atoms with Crippen molar-refractivity contribution in [2.75, 3.05) is 12.3 Å². The van der Waals surface area contributed by atoms with E-state index >= 15 is 0 Å². The molecule has 0 unspecified atom stereocenters. The smallest absolute Gasteiger partial charge is 0.251 e. The molecule has 4 nitrogen and oxygen atoms in total. The summed E-state index contributed by atoms with van der Waals surface area (Å²) in [6.45, 7) is 2.48. The van der Waals surface area contributed by atoms with Gasteiger partial charge in [-0.1, -0.05) is 6.07 Å². The lowest BCUT2D eigenvalue weighted by molar-refractivity contribution is 0.0953. The highest BCUT2D eigenvalue weighted by atomic mass is 32.1. The summed E-state index contributed by atoms with van der Waals surface area (Å²) >= 11 is 1.56. The van der Waals surface area contributed by atoms with Crippen LogP contribution in [-0.2, 0) is 6.42 Å². The number of nitrogens with one attached hydrogen (secondary N) is 1. The second kappa shape index (κ2) is 5.64. The zero-order valence-corrected chi connectivity index (χ0v) is 11.0. The van der Waals surface area contributed by atoms with Crippen molar-refractivity contribution in [1.82, 2.24) is 10.3 Å². The fourth-order valence-electron chi connectivity index (χ4n) is 1.64. The van der Waals surface area contributed by atoms with Gasteiger partial charge in [-0.15, -0.1) is 11.3 Å². The van der Waals surface area contributed by atoms with Crippen molar-refractivity contribution in [2.24, 2.45) is 0 Å². The van der Waals surface area contributed by atoms with E-state index in [-0.39, 0.29) is 5.91 Å². The Bertz CT molecular complexity index is 537. The molecule has 3 N–H and O–H groups in total. The summed E-state index contributed by atoms with van der Waals surface area (Å²) in [7, 11) is 0. The average molecular weight is 261 g/mol. The molecule has 0 saturated carbocycles. The number of nitrogens with two attached hydrogens (primary N) is 1. The van der Waals surface area contributed by atoms with Crippen molar-refractivity contribution in [3.05, 3.63) is 45.9 Å². The Labute approximate surface area is 110 Å². The molecule has 0 aliphatic heterocycles. The van der Waals surface area contributed by atoms with Crippen LogP contribution < -0.4 is 11.1 Å². The van der Waals surface area contributed by atoms with Gasteiger partial charge in [-0.25, -0.2) is 4.98 Å². The minimum Gasteiger partial charge on any atom is -0.399 e. The fraction of sp³-hybridized carbons (Fsp3) is 0.231. The predicted molar refractivity (Wildman–Crippen MR) is 73.7 cm³/mol. The molecule has 0 atom stereocenters. The van der Waals surface area contributed by atoms with Crippen molar-refractivity contribution < 1.29 is 4.79 Å². The third kappa shape index (κ3) is 3.07. The van der Waals surface area contributed by atoms with Crippen molar-refractivity contribution in [1.29, 1.82) is 0 Å². The highest BCUT2D eigenvalue weighted by molar-refractivity contribution is 7.07. The summed E-state index contributed by atoms with van der Waals surface area (Å²) in [5.74, 6) is -0.0879. The first-order chi connectivity index (χ1) is 8.66. The highest BCUT2D eigenvalue weighted by Crippen LogP contribution is 2.12. The van der Waals surface area contributed by atoms with E-state index in [1.165, 1.54) is 0 Å². The zero-order chi connectivity index (χ0) is 13.0. The lowest BCUT2D eigenvalue weighted by Crippen LogP contribution is -2.26.